The molecule has 4 nitrogen and oxygen atoms in total. The van der Waals surface area contributed by atoms with E-state index >= 15 is 0 Å². The lowest BCUT2D eigenvalue weighted by atomic mass is 9.96. The summed E-state index contributed by atoms with van der Waals surface area (Å²) in [5.41, 5.74) is 0. The largest absolute Gasteiger partial charge is 0.481 e. The normalized spacial score (nSPS) is 12.1. The van der Waals surface area contributed by atoms with Gasteiger partial charge in [-0.05, 0) is 18.6 Å². The van der Waals surface area contributed by atoms with E-state index in [0.29, 0.717) is 13.0 Å². The van der Waals surface area contributed by atoms with E-state index in [1.165, 1.54) is 70.6 Å². The molecular formula is C22H43NO3S. The van der Waals surface area contributed by atoms with Gasteiger partial charge in [0.2, 0.25) is 5.91 Å². The second kappa shape index (κ2) is 20.0. The summed E-state index contributed by atoms with van der Waals surface area (Å²) in [4.78, 5) is 23.1. The van der Waals surface area contributed by atoms with Crippen LogP contribution in [-0.4, -0.2) is 29.3 Å². The van der Waals surface area contributed by atoms with Crippen LogP contribution in [0.3, 0.4) is 0 Å². The van der Waals surface area contributed by atoms with E-state index in [2.05, 4.69) is 24.9 Å². The Balaban J connectivity index is 3.62. The quantitative estimate of drug-likeness (QED) is 0.173. The molecule has 0 radical (unpaired) electrons. The lowest BCUT2D eigenvalue weighted by Crippen LogP contribution is -2.33. The number of hydrogen-bond acceptors (Lipinski definition) is 3. The fourth-order valence-electron chi connectivity index (χ4n) is 3.38. The Bertz CT molecular complexity index is 363. The van der Waals surface area contributed by atoms with E-state index in [4.69, 9.17) is 5.11 Å². The van der Waals surface area contributed by atoms with Crippen molar-refractivity contribution in [1.29, 1.82) is 0 Å². The van der Waals surface area contributed by atoms with Crippen LogP contribution in [0.1, 0.15) is 110 Å². The molecule has 0 aliphatic rings. The highest BCUT2D eigenvalue weighted by Gasteiger charge is 2.20. The minimum atomic E-state index is -0.890. The molecule has 0 spiro atoms. The number of aliphatic carboxylic acids is 1. The number of unbranched alkanes of at least 4 members (excludes halogenated alkanes) is 12. The van der Waals surface area contributed by atoms with Crippen LogP contribution in [0, 0.1) is 5.92 Å². The Morgan fingerprint density at radius 3 is 1.74 bits per heavy atom. The standard InChI is InChI=1S/C22H43NO3S/c1-2-3-4-5-6-7-8-9-10-11-12-13-14-16-20(19-21(24)25)22(26)23-17-15-18-27/h20,27H,2-19H2,1H3,(H,23,26)(H,24,25). The highest BCUT2D eigenvalue weighted by Crippen LogP contribution is 2.17. The van der Waals surface area contributed by atoms with Gasteiger partial charge < -0.3 is 10.4 Å². The number of rotatable bonds is 20. The fraction of sp³-hybridized carbons (Fsp3) is 0.909. The number of amides is 1. The number of carboxylic acids is 1. The molecule has 27 heavy (non-hydrogen) atoms. The molecule has 0 aromatic heterocycles. The predicted molar refractivity (Wildman–Crippen MR) is 118 cm³/mol. The SMILES string of the molecule is CCCCCCCCCCCCCCCC(CC(=O)O)C(=O)NCCCS. The second-order valence-corrected chi connectivity index (χ2v) is 8.14. The van der Waals surface area contributed by atoms with Crippen molar-refractivity contribution in [3.63, 3.8) is 0 Å². The number of carboxylic acid groups (broad SMARTS) is 1. The summed E-state index contributed by atoms with van der Waals surface area (Å²) in [5, 5.41) is 11.9. The zero-order chi connectivity index (χ0) is 20.2. The zero-order valence-corrected chi connectivity index (χ0v) is 18.4. The van der Waals surface area contributed by atoms with Gasteiger partial charge >= 0.3 is 5.97 Å². The smallest absolute Gasteiger partial charge is 0.304 e. The van der Waals surface area contributed by atoms with Gasteiger partial charge in [0.15, 0.2) is 0 Å². The van der Waals surface area contributed by atoms with Gasteiger partial charge in [-0.1, -0.05) is 90.4 Å². The van der Waals surface area contributed by atoms with Crippen LogP contribution in [-0.2, 0) is 9.59 Å². The third kappa shape index (κ3) is 18.4. The van der Waals surface area contributed by atoms with Crippen molar-refractivity contribution in [2.75, 3.05) is 12.3 Å². The summed E-state index contributed by atoms with van der Waals surface area (Å²) in [6.45, 7) is 2.84. The highest BCUT2D eigenvalue weighted by atomic mass is 32.1. The Labute approximate surface area is 172 Å². The van der Waals surface area contributed by atoms with Crippen molar-refractivity contribution in [1.82, 2.24) is 5.32 Å². The number of carbonyl (C=O) groups is 2. The monoisotopic (exact) mass is 401 g/mol. The Morgan fingerprint density at radius 2 is 1.30 bits per heavy atom. The Hall–Kier alpha value is -0.710. The third-order valence-electron chi connectivity index (χ3n) is 5.08. The molecule has 0 heterocycles. The molecule has 0 aliphatic carbocycles. The molecule has 0 aliphatic heterocycles. The summed E-state index contributed by atoms with van der Waals surface area (Å²) in [6, 6.07) is 0. The molecule has 0 saturated carbocycles. The Morgan fingerprint density at radius 1 is 0.815 bits per heavy atom. The molecular weight excluding hydrogens is 358 g/mol. The van der Waals surface area contributed by atoms with Crippen LogP contribution in [0.4, 0.5) is 0 Å². The molecule has 0 aromatic rings. The highest BCUT2D eigenvalue weighted by molar-refractivity contribution is 7.80. The molecule has 160 valence electrons. The minimum Gasteiger partial charge on any atom is -0.481 e. The van der Waals surface area contributed by atoms with E-state index in [0.717, 1.165) is 25.0 Å². The minimum absolute atomic E-state index is 0.0645. The first-order chi connectivity index (χ1) is 13.1. The van der Waals surface area contributed by atoms with Crippen LogP contribution in [0.25, 0.3) is 0 Å². The maximum absolute atomic E-state index is 12.1. The summed E-state index contributed by atoms with van der Waals surface area (Å²) in [5.74, 6) is -0.671. The van der Waals surface area contributed by atoms with Gasteiger partial charge in [0.25, 0.3) is 0 Å². The van der Waals surface area contributed by atoms with E-state index in [1.807, 2.05) is 0 Å². The zero-order valence-electron chi connectivity index (χ0n) is 17.5. The molecule has 0 rings (SSSR count). The number of thiol groups is 1. The number of nitrogens with one attached hydrogen (secondary N) is 1. The van der Waals surface area contributed by atoms with Gasteiger partial charge in [-0.3, -0.25) is 9.59 Å². The van der Waals surface area contributed by atoms with Gasteiger partial charge in [0, 0.05) is 12.5 Å². The van der Waals surface area contributed by atoms with Gasteiger partial charge in [0.1, 0.15) is 0 Å². The molecule has 5 heteroatoms. The van der Waals surface area contributed by atoms with Crippen molar-refractivity contribution in [2.24, 2.45) is 5.92 Å². The van der Waals surface area contributed by atoms with Crippen LogP contribution in [0.2, 0.25) is 0 Å². The maximum Gasteiger partial charge on any atom is 0.304 e. The van der Waals surface area contributed by atoms with Crippen molar-refractivity contribution >= 4 is 24.5 Å². The summed E-state index contributed by atoms with van der Waals surface area (Å²) in [7, 11) is 0. The third-order valence-corrected chi connectivity index (χ3v) is 5.40. The summed E-state index contributed by atoms with van der Waals surface area (Å²) < 4.78 is 0. The van der Waals surface area contributed by atoms with Crippen LogP contribution >= 0.6 is 12.6 Å². The summed E-state index contributed by atoms with van der Waals surface area (Å²) >= 11 is 4.12. The number of carbonyl (C=O) groups excluding carboxylic acids is 1. The summed E-state index contributed by atoms with van der Waals surface area (Å²) in [6.07, 6.45) is 18.2. The molecule has 0 saturated heterocycles. The topological polar surface area (TPSA) is 66.4 Å². The fourth-order valence-corrected chi connectivity index (χ4v) is 3.54. The molecule has 0 fully saturated rings. The van der Waals surface area contributed by atoms with Gasteiger partial charge in [-0.25, -0.2) is 0 Å². The van der Waals surface area contributed by atoms with Gasteiger partial charge in [-0.2, -0.15) is 12.6 Å². The molecule has 1 amide bonds. The molecule has 1 atom stereocenters. The van der Waals surface area contributed by atoms with Crippen molar-refractivity contribution in [3.05, 3.63) is 0 Å². The van der Waals surface area contributed by atoms with E-state index in [9.17, 15) is 9.59 Å². The lowest BCUT2D eigenvalue weighted by molar-refractivity contribution is -0.141. The first kappa shape index (κ1) is 26.3. The molecule has 0 bridgehead atoms. The van der Waals surface area contributed by atoms with Gasteiger partial charge in [0.05, 0.1) is 6.42 Å². The van der Waals surface area contributed by atoms with Crippen molar-refractivity contribution < 1.29 is 14.7 Å². The molecule has 0 aromatic carbocycles. The lowest BCUT2D eigenvalue weighted by Gasteiger charge is -2.14. The maximum atomic E-state index is 12.1. The number of hydrogen-bond donors (Lipinski definition) is 3. The van der Waals surface area contributed by atoms with Crippen LogP contribution in [0.15, 0.2) is 0 Å². The van der Waals surface area contributed by atoms with Crippen molar-refractivity contribution in [3.8, 4) is 0 Å². The van der Waals surface area contributed by atoms with E-state index in [1.54, 1.807) is 0 Å². The van der Waals surface area contributed by atoms with Crippen molar-refractivity contribution in [2.45, 2.75) is 110 Å². The molecule has 1 unspecified atom stereocenters. The second-order valence-electron chi connectivity index (χ2n) is 7.69. The predicted octanol–water partition coefficient (Wildman–Crippen LogP) is 5.99. The van der Waals surface area contributed by atoms with Crippen LogP contribution < -0.4 is 5.32 Å². The van der Waals surface area contributed by atoms with Gasteiger partial charge in [-0.15, -0.1) is 0 Å². The Kier molecular flexibility index (Phi) is 19.5. The van der Waals surface area contributed by atoms with E-state index in [-0.39, 0.29) is 12.3 Å². The average molecular weight is 402 g/mol. The van der Waals surface area contributed by atoms with Crippen LogP contribution in [0.5, 0.6) is 0 Å². The average Bonchev–Trinajstić information content (AvgIpc) is 2.64. The van der Waals surface area contributed by atoms with E-state index < -0.39 is 11.9 Å². The first-order valence-electron chi connectivity index (χ1n) is 11.2. The molecule has 2 N–H and O–H groups in total. The first-order valence-corrected chi connectivity index (χ1v) is 11.8.